The number of pyridine rings is 1. The zero-order valence-electron chi connectivity index (χ0n) is 17.2. The van der Waals surface area contributed by atoms with Gasteiger partial charge in [-0.2, -0.15) is 0 Å². The summed E-state index contributed by atoms with van der Waals surface area (Å²) in [5, 5.41) is 3.47. The van der Waals surface area contributed by atoms with Gasteiger partial charge in [0, 0.05) is 52.1 Å². The van der Waals surface area contributed by atoms with Crippen LogP contribution in [0.4, 0.5) is 0 Å². The molecule has 2 fully saturated rings. The first-order valence-electron chi connectivity index (χ1n) is 9.78. The number of likely N-dealkylation sites (tertiary alicyclic amines) is 1. The van der Waals surface area contributed by atoms with Gasteiger partial charge in [0.05, 0.1) is 0 Å². The summed E-state index contributed by atoms with van der Waals surface area (Å²) in [4.78, 5) is 24.0. The van der Waals surface area contributed by atoms with Crippen molar-refractivity contribution in [2.45, 2.75) is 58.4 Å². The number of aromatic nitrogens is 1. The van der Waals surface area contributed by atoms with Gasteiger partial charge in [0.1, 0.15) is 5.82 Å². The summed E-state index contributed by atoms with van der Waals surface area (Å²) < 4.78 is 0.969. The summed E-state index contributed by atoms with van der Waals surface area (Å²) in [6.45, 7) is 13.3. The van der Waals surface area contributed by atoms with Crippen LogP contribution < -0.4 is 5.32 Å². The maximum Gasteiger partial charge on any atom is 0.254 e. The number of rotatable bonds is 6. The highest BCUT2D eigenvalue weighted by Gasteiger charge is 2.38. The van der Waals surface area contributed by atoms with Gasteiger partial charge in [-0.25, -0.2) is 4.99 Å². The van der Waals surface area contributed by atoms with Crippen LogP contribution in [0, 0.1) is 0 Å². The Morgan fingerprint density at radius 1 is 1.36 bits per heavy atom. The Labute approximate surface area is 176 Å². The lowest BCUT2D eigenvalue weighted by Gasteiger charge is -2.22. The van der Waals surface area contributed by atoms with Gasteiger partial charge in [0.25, 0.3) is 5.91 Å². The fourth-order valence-electron chi connectivity index (χ4n) is 3.69. The largest absolute Gasteiger partial charge is 0.365 e. The van der Waals surface area contributed by atoms with Crippen LogP contribution in [0.2, 0.25) is 0 Å². The molecule has 150 valence electrons. The van der Waals surface area contributed by atoms with Crippen LogP contribution in [-0.4, -0.2) is 41.1 Å². The quantitative estimate of drug-likeness (QED) is 0.397. The van der Waals surface area contributed by atoms with Crippen LogP contribution in [0.1, 0.15) is 58.6 Å². The van der Waals surface area contributed by atoms with Gasteiger partial charge in [-0.15, -0.1) is 0 Å². The molecule has 1 amide bonds. The number of hydrogen-bond acceptors (Lipinski definition) is 4. The summed E-state index contributed by atoms with van der Waals surface area (Å²) in [7, 11) is 0. The molecule has 1 saturated carbocycles. The number of carbonyl (C=O) groups excluding carboxylic acids is 1. The summed E-state index contributed by atoms with van der Waals surface area (Å²) in [6, 6.07) is 4.04. The molecule has 1 unspecified atom stereocenters. The third-order valence-electron chi connectivity index (χ3n) is 5.67. The maximum atomic E-state index is 13.4. The molecule has 2 heterocycles. The van der Waals surface area contributed by atoms with E-state index < -0.39 is 0 Å². The zero-order valence-corrected chi connectivity index (χ0v) is 18.8. The summed E-state index contributed by atoms with van der Waals surface area (Å²) in [6.07, 6.45) is 4.99. The molecule has 2 aliphatic rings. The van der Waals surface area contributed by atoms with Gasteiger partial charge in [0.15, 0.2) is 0 Å². The van der Waals surface area contributed by atoms with Crippen LogP contribution in [0.25, 0.3) is 0 Å². The van der Waals surface area contributed by atoms with Gasteiger partial charge in [-0.3, -0.25) is 9.78 Å². The molecule has 0 radical (unpaired) electrons. The smallest absolute Gasteiger partial charge is 0.254 e. The molecule has 1 aliphatic carbocycles. The van der Waals surface area contributed by atoms with Crippen molar-refractivity contribution in [1.29, 1.82) is 0 Å². The molecule has 3 rings (SSSR count). The first kappa shape index (κ1) is 20.8. The lowest BCUT2D eigenvalue weighted by atomic mass is 10.0. The van der Waals surface area contributed by atoms with Gasteiger partial charge < -0.3 is 10.2 Å². The van der Waals surface area contributed by atoms with Crippen molar-refractivity contribution in [2.75, 3.05) is 13.1 Å². The number of allylic oxidation sites excluding steroid dienone is 1. The average Bonchev–Trinajstić information content (AvgIpc) is 3.18. The molecule has 0 bridgehead atoms. The molecule has 0 spiro atoms. The third kappa shape index (κ3) is 4.54. The van der Waals surface area contributed by atoms with Crippen molar-refractivity contribution >= 4 is 28.6 Å². The number of nitrogens with one attached hydrogen (secondary N) is 1. The molecule has 1 N–H and O–H groups in total. The number of nitrogens with zero attached hydrogens (tertiary/aromatic N) is 3. The average molecular weight is 445 g/mol. The highest BCUT2D eigenvalue weighted by atomic mass is 79.9. The van der Waals surface area contributed by atoms with Crippen molar-refractivity contribution in [3.05, 3.63) is 51.0 Å². The topological polar surface area (TPSA) is 57.6 Å². The van der Waals surface area contributed by atoms with Crippen molar-refractivity contribution in [1.82, 2.24) is 15.2 Å². The van der Waals surface area contributed by atoms with E-state index in [9.17, 15) is 4.79 Å². The Hall–Kier alpha value is -1.95. The molecule has 1 aromatic rings. The predicted molar refractivity (Wildman–Crippen MR) is 117 cm³/mol. The minimum Gasteiger partial charge on any atom is -0.365 e. The van der Waals surface area contributed by atoms with E-state index in [0.717, 1.165) is 58.5 Å². The second-order valence-electron chi connectivity index (χ2n) is 8.33. The van der Waals surface area contributed by atoms with E-state index in [0.29, 0.717) is 6.54 Å². The zero-order chi connectivity index (χ0) is 20.5. The Morgan fingerprint density at radius 2 is 2.07 bits per heavy atom. The normalized spacial score (nSPS) is 21.0. The first-order chi connectivity index (χ1) is 13.2. The second-order valence-corrected chi connectivity index (χ2v) is 9.25. The van der Waals surface area contributed by atoms with Gasteiger partial charge >= 0.3 is 0 Å². The van der Waals surface area contributed by atoms with Gasteiger partial charge in [-0.1, -0.05) is 5.57 Å². The Kier molecular flexibility index (Phi) is 6.08. The molecule has 0 aromatic carbocycles. The standard InChI is InChI=1S/C22H29BrN4O/c1-14(2)19(15(3)20(24-5)26-22(4)9-10-22)21(28)27-11-8-16(13-27)18-7-6-17(23)12-25-18/h6-7,12,16,26H,5,8-11,13H2,1-4H3/b20-15-. The molecule has 5 nitrogen and oxygen atoms in total. The van der Waals surface area contributed by atoms with E-state index >= 15 is 0 Å². The minimum atomic E-state index is 0.0704. The van der Waals surface area contributed by atoms with Crippen LogP contribution in [0.3, 0.4) is 0 Å². The summed E-state index contributed by atoms with van der Waals surface area (Å²) >= 11 is 3.43. The number of hydrogen-bond donors (Lipinski definition) is 1. The lowest BCUT2D eigenvalue weighted by Crippen LogP contribution is -2.32. The predicted octanol–water partition coefficient (Wildman–Crippen LogP) is 4.57. The van der Waals surface area contributed by atoms with E-state index in [1.807, 2.05) is 44.0 Å². The number of halogens is 1. The monoisotopic (exact) mass is 444 g/mol. The molecule has 1 atom stereocenters. The summed E-state index contributed by atoms with van der Waals surface area (Å²) in [5.41, 5.74) is 3.74. The van der Waals surface area contributed by atoms with Crippen LogP contribution >= 0.6 is 15.9 Å². The molecule has 28 heavy (non-hydrogen) atoms. The summed E-state index contributed by atoms with van der Waals surface area (Å²) in [5.74, 6) is 1.07. The fraction of sp³-hybridized carbons (Fsp3) is 0.500. The highest BCUT2D eigenvalue weighted by molar-refractivity contribution is 9.10. The van der Waals surface area contributed by atoms with Gasteiger partial charge in [-0.05, 0) is 81.7 Å². The number of carbonyl (C=O) groups is 1. The molecular formula is C22H29BrN4O. The second kappa shape index (κ2) is 8.19. The van der Waals surface area contributed by atoms with Crippen LogP contribution in [0.15, 0.2) is 50.3 Å². The van der Waals surface area contributed by atoms with Crippen LogP contribution in [0.5, 0.6) is 0 Å². The van der Waals surface area contributed by atoms with E-state index in [-0.39, 0.29) is 17.4 Å². The SMILES string of the molecule is C=N/C(NC1(C)CC1)=C(\C)C(C(=O)N1CCC(c2ccc(Br)cn2)C1)=C(C)C. The molecular weight excluding hydrogens is 416 g/mol. The van der Waals surface area contributed by atoms with Crippen LogP contribution in [-0.2, 0) is 4.79 Å². The molecule has 6 heteroatoms. The van der Waals surface area contributed by atoms with Crippen molar-refractivity contribution in [3.63, 3.8) is 0 Å². The van der Waals surface area contributed by atoms with E-state index in [1.54, 1.807) is 0 Å². The third-order valence-corrected chi connectivity index (χ3v) is 6.14. The van der Waals surface area contributed by atoms with E-state index in [2.05, 4.69) is 44.9 Å². The lowest BCUT2D eigenvalue weighted by molar-refractivity contribution is -0.126. The van der Waals surface area contributed by atoms with Crippen molar-refractivity contribution in [2.24, 2.45) is 4.99 Å². The number of aliphatic imine (C=N–C) groups is 1. The highest BCUT2D eigenvalue weighted by Crippen LogP contribution is 2.36. The Balaban J connectivity index is 1.79. The van der Waals surface area contributed by atoms with Crippen molar-refractivity contribution < 1.29 is 4.79 Å². The minimum absolute atomic E-state index is 0.0704. The van der Waals surface area contributed by atoms with E-state index in [4.69, 9.17) is 0 Å². The number of amides is 1. The van der Waals surface area contributed by atoms with Gasteiger partial charge in [0.2, 0.25) is 0 Å². The Bertz CT molecular complexity index is 833. The Morgan fingerprint density at radius 3 is 2.61 bits per heavy atom. The molecule has 1 saturated heterocycles. The maximum absolute atomic E-state index is 13.4. The fourth-order valence-corrected chi connectivity index (χ4v) is 3.93. The molecule has 1 aliphatic heterocycles. The van der Waals surface area contributed by atoms with E-state index in [1.165, 1.54) is 0 Å². The van der Waals surface area contributed by atoms with Crippen molar-refractivity contribution in [3.8, 4) is 0 Å². The first-order valence-corrected chi connectivity index (χ1v) is 10.6. The molecule has 1 aromatic heterocycles.